The minimum atomic E-state index is -2.77. The van der Waals surface area contributed by atoms with E-state index in [1.54, 1.807) is 12.1 Å². The lowest BCUT2D eigenvalue weighted by Gasteiger charge is -2.08. The fourth-order valence-corrected chi connectivity index (χ4v) is 1.17. The Labute approximate surface area is 90.7 Å². The Morgan fingerprint density at radius 1 is 1.50 bits per heavy atom. The van der Waals surface area contributed by atoms with E-state index in [9.17, 15) is 8.78 Å². The molecule has 0 fully saturated rings. The summed E-state index contributed by atoms with van der Waals surface area (Å²) in [6.07, 6.45) is -2.89. The summed E-state index contributed by atoms with van der Waals surface area (Å²) in [6, 6.07) is 4.53. The summed E-state index contributed by atoms with van der Waals surface area (Å²) in [5.41, 5.74) is -0.329. The van der Waals surface area contributed by atoms with Crippen molar-refractivity contribution in [1.29, 1.82) is 10.5 Å². The first-order valence-corrected chi connectivity index (χ1v) is 4.27. The van der Waals surface area contributed by atoms with Gasteiger partial charge in [0.2, 0.25) is 5.88 Å². The molecule has 0 bridgehead atoms. The molecule has 4 nitrogen and oxygen atoms in total. The van der Waals surface area contributed by atoms with E-state index in [1.165, 1.54) is 7.11 Å². The molecule has 0 aromatic carbocycles. The molecule has 0 atom stereocenters. The van der Waals surface area contributed by atoms with Crippen LogP contribution >= 0.6 is 0 Å². The van der Waals surface area contributed by atoms with E-state index in [0.717, 1.165) is 6.07 Å². The van der Waals surface area contributed by atoms with Gasteiger partial charge in [0.25, 0.3) is 6.43 Å². The smallest absolute Gasteiger partial charge is 0.269 e. The fourth-order valence-electron chi connectivity index (χ4n) is 1.17. The van der Waals surface area contributed by atoms with Gasteiger partial charge in [0, 0.05) is 0 Å². The van der Waals surface area contributed by atoms with Crippen molar-refractivity contribution in [3.8, 4) is 18.0 Å². The van der Waals surface area contributed by atoms with Crippen molar-refractivity contribution in [1.82, 2.24) is 4.98 Å². The number of hydrogen-bond donors (Lipinski definition) is 0. The lowest BCUT2D eigenvalue weighted by Crippen LogP contribution is -2.02. The molecule has 0 saturated heterocycles. The van der Waals surface area contributed by atoms with Crippen molar-refractivity contribution in [2.45, 2.75) is 12.8 Å². The predicted octanol–water partition coefficient (Wildman–Crippen LogP) is 1.97. The van der Waals surface area contributed by atoms with Crippen LogP contribution < -0.4 is 4.74 Å². The molecule has 0 N–H and O–H groups in total. The van der Waals surface area contributed by atoms with Gasteiger partial charge in [-0.3, -0.25) is 0 Å². The number of nitrogens with zero attached hydrogens (tertiary/aromatic N) is 3. The minimum absolute atomic E-state index is 0.0300. The Morgan fingerprint density at radius 2 is 2.19 bits per heavy atom. The topological polar surface area (TPSA) is 69.7 Å². The molecular formula is C10H7F2N3O. The molecule has 82 valence electrons. The highest BCUT2D eigenvalue weighted by Gasteiger charge is 2.18. The van der Waals surface area contributed by atoms with Gasteiger partial charge in [-0.25, -0.2) is 13.8 Å². The largest absolute Gasteiger partial charge is 0.481 e. The molecule has 0 aliphatic heterocycles. The first kappa shape index (κ1) is 11.9. The van der Waals surface area contributed by atoms with Crippen LogP contribution in [0.2, 0.25) is 0 Å². The van der Waals surface area contributed by atoms with Gasteiger partial charge in [0.1, 0.15) is 6.07 Å². The molecule has 0 unspecified atom stereocenters. The molecule has 1 rings (SSSR count). The average Bonchev–Trinajstić information content (AvgIpc) is 2.28. The lowest BCUT2D eigenvalue weighted by molar-refractivity contribution is 0.146. The number of nitriles is 2. The third-order valence-electron chi connectivity index (χ3n) is 1.89. The monoisotopic (exact) mass is 223 g/mol. The molecule has 16 heavy (non-hydrogen) atoms. The summed E-state index contributed by atoms with van der Waals surface area (Å²) in [5.74, 6) is -0.251. The molecule has 1 heterocycles. The van der Waals surface area contributed by atoms with Crippen LogP contribution in [0.15, 0.2) is 6.07 Å². The van der Waals surface area contributed by atoms with Crippen LogP contribution in [0.4, 0.5) is 8.78 Å². The van der Waals surface area contributed by atoms with E-state index in [1.807, 2.05) is 0 Å². The van der Waals surface area contributed by atoms with Gasteiger partial charge < -0.3 is 4.74 Å². The number of hydrogen-bond acceptors (Lipinski definition) is 4. The number of methoxy groups -OCH3 is 1. The van der Waals surface area contributed by atoms with Gasteiger partial charge in [-0.1, -0.05) is 0 Å². The maximum atomic E-state index is 12.6. The van der Waals surface area contributed by atoms with Gasteiger partial charge in [0.05, 0.1) is 36.4 Å². The van der Waals surface area contributed by atoms with E-state index in [2.05, 4.69) is 9.72 Å². The average molecular weight is 223 g/mol. The minimum Gasteiger partial charge on any atom is -0.481 e. The van der Waals surface area contributed by atoms with Crippen LogP contribution in [0.5, 0.6) is 5.88 Å². The van der Waals surface area contributed by atoms with Crippen molar-refractivity contribution in [3.05, 3.63) is 22.9 Å². The second-order valence-corrected chi connectivity index (χ2v) is 2.83. The summed E-state index contributed by atoms with van der Waals surface area (Å²) < 4.78 is 29.8. The zero-order valence-electron chi connectivity index (χ0n) is 8.37. The maximum Gasteiger partial charge on any atom is 0.269 e. The van der Waals surface area contributed by atoms with E-state index >= 15 is 0 Å². The quantitative estimate of drug-likeness (QED) is 0.785. The zero-order valence-corrected chi connectivity index (χ0v) is 8.37. The predicted molar refractivity (Wildman–Crippen MR) is 49.8 cm³/mol. The SMILES string of the molecule is COc1nc(CC#N)c(C#N)cc1C(F)F. The second kappa shape index (κ2) is 5.04. The summed E-state index contributed by atoms with van der Waals surface area (Å²) in [5, 5.41) is 17.2. The highest BCUT2D eigenvalue weighted by Crippen LogP contribution is 2.29. The molecule has 0 saturated carbocycles. The number of aromatic nitrogens is 1. The Kier molecular flexibility index (Phi) is 3.73. The molecule has 1 aromatic rings. The number of halogens is 2. The van der Waals surface area contributed by atoms with Crippen LogP contribution in [-0.2, 0) is 6.42 Å². The second-order valence-electron chi connectivity index (χ2n) is 2.83. The van der Waals surface area contributed by atoms with Crippen molar-refractivity contribution < 1.29 is 13.5 Å². The van der Waals surface area contributed by atoms with Crippen LogP contribution in [0, 0.1) is 22.7 Å². The molecule has 0 aliphatic rings. The number of alkyl halides is 2. The van der Waals surface area contributed by atoms with Crippen LogP contribution in [0.25, 0.3) is 0 Å². The molecule has 1 aromatic heterocycles. The first-order chi connectivity index (χ1) is 7.63. The van der Waals surface area contributed by atoms with E-state index in [4.69, 9.17) is 10.5 Å². The van der Waals surface area contributed by atoms with Gasteiger partial charge in [-0.15, -0.1) is 0 Å². The van der Waals surface area contributed by atoms with Gasteiger partial charge >= 0.3 is 0 Å². The summed E-state index contributed by atoms with van der Waals surface area (Å²) in [6.45, 7) is 0. The van der Waals surface area contributed by atoms with Crippen molar-refractivity contribution in [2.75, 3.05) is 7.11 Å². The van der Waals surface area contributed by atoms with Gasteiger partial charge in [-0.2, -0.15) is 10.5 Å². The Morgan fingerprint density at radius 3 is 2.62 bits per heavy atom. The molecule has 0 aliphatic carbocycles. The first-order valence-electron chi connectivity index (χ1n) is 4.27. The lowest BCUT2D eigenvalue weighted by atomic mass is 10.1. The Balaban J connectivity index is 3.36. The van der Waals surface area contributed by atoms with E-state index in [-0.39, 0.29) is 23.6 Å². The Hall–Kier alpha value is -2.21. The molecule has 0 spiro atoms. The maximum absolute atomic E-state index is 12.6. The molecule has 0 radical (unpaired) electrons. The zero-order chi connectivity index (χ0) is 12.1. The third kappa shape index (κ3) is 2.23. The van der Waals surface area contributed by atoms with Crippen LogP contribution in [0.1, 0.15) is 23.2 Å². The number of pyridine rings is 1. The normalized spacial score (nSPS) is 9.62. The van der Waals surface area contributed by atoms with E-state index in [0.29, 0.717) is 0 Å². The van der Waals surface area contributed by atoms with Crippen molar-refractivity contribution in [3.63, 3.8) is 0 Å². The summed E-state index contributed by atoms with van der Waals surface area (Å²) >= 11 is 0. The van der Waals surface area contributed by atoms with Crippen LogP contribution in [0.3, 0.4) is 0 Å². The molecular weight excluding hydrogens is 216 g/mol. The fraction of sp³-hybridized carbons (Fsp3) is 0.300. The summed E-state index contributed by atoms with van der Waals surface area (Å²) in [4.78, 5) is 3.73. The van der Waals surface area contributed by atoms with Crippen LogP contribution in [-0.4, -0.2) is 12.1 Å². The van der Waals surface area contributed by atoms with E-state index < -0.39 is 12.0 Å². The third-order valence-corrected chi connectivity index (χ3v) is 1.89. The highest BCUT2D eigenvalue weighted by molar-refractivity contribution is 5.42. The molecule has 0 amide bonds. The summed E-state index contributed by atoms with van der Waals surface area (Å²) in [7, 11) is 1.20. The number of rotatable bonds is 3. The van der Waals surface area contributed by atoms with Crippen molar-refractivity contribution >= 4 is 0 Å². The number of ether oxygens (including phenoxy) is 1. The van der Waals surface area contributed by atoms with Crippen molar-refractivity contribution in [2.24, 2.45) is 0 Å². The van der Waals surface area contributed by atoms with Gasteiger partial charge in [0.15, 0.2) is 0 Å². The highest BCUT2D eigenvalue weighted by atomic mass is 19.3. The standard InChI is InChI=1S/C10H7F2N3O/c1-16-10-7(9(11)12)4-6(5-14)8(15-10)2-3-13/h4,9H,2H2,1H3. The van der Waals surface area contributed by atoms with Gasteiger partial charge in [-0.05, 0) is 6.07 Å². The molecule has 6 heteroatoms. The Bertz CT molecular complexity index is 474.